The Morgan fingerprint density at radius 1 is 1.06 bits per heavy atom. The predicted molar refractivity (Wildman–Crippen MR) is 128 cm³/mol. The summed E-state index contributed by atoms with van der Waals surface area (Å²) in [5.41, 5.74) is 3.49. The lowest BCUT2D eigenvalue weighted by molar-refractivity contribution is -0.137. The SMILES string of the molecule is Cc1nn(C)c2ccc(C(=O)N3CCC[C@@H](c4cccc(-c5cccc(C(F)(F)F)c5)n4)C3)cc12. The third-order valence-corrected chi connectivity index (χ3v) is 6.67. The summed E-state index contributed by atoms with van der Waals surface area (Å²) in [6.45, 7) is 3.10. The summed E-state index contributed by atoms with van der Waals surface area (Å²) in [7, 11) is 1.88. The van der Waals surface area contributed by atoms with Crippen LogP contribution < -0.4 is 0 Å². The van der Waals surface area contributed by atoms with Crippen molar-refractivity contribution >= 4 is 16.8 Å². The Kier molecular flexibility index (Phi) is 5.83. The fourth-order valence-electron chi connectivity index (χ4n) is 4.85. The van der Waals surface area contributed by atoms with Gasteiger partial charge in [-0.1, -0.05) is 18.2 Å². The van der Waals surface area contributed by atoms with Crippen molar-refractivity contribution in [2.45, 2.75) is 31.9 Å². The smallest absolute Gasteiger partial charge is 0.338 e. The van der Waals surface area contributed by atoms with E-state index in [0.717, 1.165) is 47.3 Å². The highest BCUT2D eigenvalue weighted by Gasteiger charge is 2.31. The molecule has 0 bridgehead atoms. The molecule has 5 rings (SSSR count). The molecule has 0 N–H and O–H groups in total. The number of piperidine rings is 1. The molecule has 180 valence electrons. The number of fused-ring (bicyclic) bond motifs is 1. The normalized spacial score (nSPS) is 16.6. The Hall–Kier alpha value is -3.68. The number of hydrogen-bond acceptors (Lipinski definition) is 3. The van der Waals surface area contributed by atoms with E-state index in [1.165, 1.54) is 6.07 Å². The van der Waals surface area contributed by atoms with E-state index < -0.39 is 11.7 Å². The van der Waals surface area contributed by atoms with Gasteiger partial charge in [-0.25, -0.2) is 0 Å². The molecule has 4 aromatic rings. The number of rotatable bonds is 3. The summed E-state index contributed by atoms with van der Waals surface area (Å²) in [6.07, 6.45) is -2.71. The second-order valence-corrected chi connectivity index (χ2v) is 9.06. The van der Waals surface area contributed by atoms with Crippen molar-refractivity contribution in [1.29, 1.82) is 0 Å². The zero-order valence-corrected chi connectivity index (χ0v) is 19.5. The number of aromatic nitrogens is 3. The standard InChI is InChI=1S/C27H25F3N4O/c1-17-22-15-19(11-12-25(22)33(2)32-17)26(35)34-13-5-7-20(16-34)24-10-4-9-23(31-24)18-6-3-8-21(14-18)27(28,29)30/h3-4,6,8-12,14-15,20H,5,7,13,16H2,1-2H3/t20-/m1/s1. The van der Waals surface area contributed by atoms with E-state index in [1.54, 1.807) is 16.8 Å². The number of carbonyl (C=O) groups excluding carboxylic acids is 1. The maximum atomic E-state index is 13.3. The minimum atomic E-state index is -4.41. The van der Waals surface area contributed by atoms with E-state index in [0.29, 0.717) is 29.9 Å². The molecule has 1 saturated heterocycles. The Bertz CT molecular complexity index is 1410. The molecule has 0 aliphatic carbocycles. The summed E-state index contributed by atoms with van der Waals surface area (Å²) in [4.78, 5) is 19.9. The van der Waals surface area contributed by atoms with Gasteiger partial charge in [-0.2, -0.15) is 18.3 Å². The second-order valence-electron chi connectivity index (χ2n) is 9.06. The molecule has 2 aromatic heterocycles. The minimum absolute atomic E-state index is 0.0160. The second kappa shape index (κ2) is 8.83. The number of carbonyl (C=O) groups is 1. The molecule has 1 aliphatic rings. The quantitative estimate of drug-likeness (QED) is 0.364. The number of amides is 1. The number of halogens is 3. The van der Waals surface area contributed by atoms with Gasteiger partial charge in [-0.3, -0.25) is 14.5 Å². The highest BCUT2D eigenvalue weighted by molar-refractivity contribution is 5.98. The first-order valence-electron chi connectivity index (χ1n) is 11.6. The van der Waals surface area contributed by atoms with Crippen molar-refractivity contribution in [3.05, 3.63) is 83.2 Å². The van der Waals surface area contributed by atoms with Crippen LogP contribution in [0.4, 0.5) is 13.2 Å². The molecular weight excluding hydrogens is 453 g/mol. The number of benzene rings is 2. The van der Waals surface area contributed by atoms with E-state index in [9.17, 15) is 18.0 Å². The largest absolute Gasteiger partial charge is 0.416 e. The van der Waals surface area contributed by atoms with Crippen molar-refractivity contribution in [3.8, 4) is 11.3 Å². The number of pyridine rings is 1. The van der Waals surface area contributed by atoms with E-state index in [4.69, 9.17) is 4.98 Å². The van der Waals surface area contributed by atoms with E-state index in [2.05, 4.69) is 5.10 Å². The van der Waals surface area contributed by atoms with E-state index >= 15 is 0 Å². The number of likely N-dealkylation sites (tertiary alicyclic amines) is 1. The molecule has 5 nitrogen and oxygen atoms in total. The molecule has 3 heterocycles. The summed E-state index contributed by atoms with van der Waals surface area (Å²) in [6, 6.07) is 16.3. The van der Waals surface area contributed by atoms with Crippen LogP contribution in [0.5, 0.6) is 0 Å². The average Bonchev–Trinajstić information content (AvgIpc) is 3.16. The van der Waals surface area contributed by atoms with Crippen LogP contribution in [0.3, 0.4) is 0 Å². The van der Waals surface area contributed by atoms with Gasteiger partial charge in [-0.05, 0) is 62.2 Å². The molecule has 0 spiro atoms. The topological polar surface area (TPSA) is 51.0 Å². The Morgan fingerprint density at radius 2 is 1.86 bits per heavy atom. The monoisotopic (exact) mass is 478 g/mol. The van der Waals surface area contributed by atoms with E-state index in [1.807, 2.05) is 49.2 Å². The van der Waals surface area contributed by atoms with Gasteiger partial charge in [0.25, 0.3) is 5.91 Å². The Balaban J connectivity index is 1.38. The van der Waals surface area contributed by atoms with Gasteiger partial charge in [-0.15, -0.1) is 0 Å². The molecular formula is C27H25F3N4O. The Morgan fingerprint density at radius 3 is 2.66 bits per heavy atom. The van der Waals surface area contributed by atoms with Crippen LogP contribution in [0.15, 0.2) is 60.7 Å². The molecule has 1 amide bonds. The van der Waals surface area contributed by atoms with Crippen LogP contribution in [-0.2, 0) is 13.2 Å². The van der Waals surface area contributed by atoms with Gasteiger partial charge >= 0.3 is 6.18 Å². The van der Waals surface area contributed by atoms with Crippen LogP contribution in [0.25, 0.3) is 22.2 Å². The van der Waals surface area contributed by atoms with Crippen molar-refractivity contribution in [2.24, 2.45) is 7.05 Å². The highest BCUT2D eigenvalue weighted by atomic mass is 19.4. The summed E-state index contributed by atoms with van der Waals surface area (Å²) < 4.78 is 41.3. The lowest BCUT2D eigenvalue weighted by Crippen LogP contribution is -2.39. The fraction of sp³-hybridized carbons (Fsp3) is 0.296. The molecule has 0 unspecified atom stereocenters. The van der Waals surface area contributed by atoms with Gasteiger partial charge in [0.1, 0.15) is 0 Å². The predicted octanol–water partition coefficient (Wildman–Crippen LogP) is 5.98. The summed E-state index contributed by atoms with van der Waals surface area (Å²) >= 11 is 0. The molecule has 0 saturated carbocycles. The first-order valence-corrected chi connectivity index (χ1v) is 11.6. The molecule has 1 fully saturated rings. The van der Waals surface area contributed by atoms with Crippen LogP contribution >= 0.6 is 0 Å². The lowest BCUT2D eigenvalue weighted by atomic mass is 9.93. The highest BCUT2D eigenvalue weighted by Crippen LogP contribution is 2.33. The van der Waals surface area contributed by atoms with Crippen molar-refractivity contribution in [3.63, 3.8) is 0 Å². The van der Waals surface area contributed by atoms with Crippen LogP contribution in [-0.4, -0.2) is 38.7 Å². The maximum Gasteiger partial charge on any atom is 0.416 e. The number of nitrogens with zero attached hydrogens (tertiary/aromatic N) is 4. The van der Waals surface area contributed by atoms with Gasteiger partial charge < -0.3 is 4.90 Å². The van der Waals surface area contributed by atoms with Crippen molar-refractivity contribution < 1.29 is 18.0 Å². The van der Waals surface area contributed by atoms with Gasteiger partial charge in [0.15, 0.2) is 0 Å². The van der Waals surface area contributed by atoms with Crippen molar-refractivity contribution in [1.82, 2.24) is 19.7 Å². The van der Waals surface area contributed by atoms with Gasteiger partial charge in [0, 0.05) is 48.3 Å². The van der Waals surface area contributed by atoms with Gasteiger partial charge in [0.2, 0.25) is 0 Å². The van der Waals surface area contributed by atoms with Gasteiger partial charge in [0.05, 0.1) is 22.5 Å². The third kappa shape index (κ3) is 4.52. The van der Waals surface area contributed by atoms with E-state index in [-0.39, 0.29) is 11.8 Å². The number of aryl methyl sites for hydroxylation is 2. The molecule has 0 radical (unpaired) electrons. The molecule has 8 heteroatoms. The lowest BCUT2D eigenvalue weighted by Gasteiger charge is -2.32. The van der Waals surface area contributed by atoms with Crippen molar-refractivity contribution in [2.75, 3.05) is 13.1 Å². The third-order valence-electron chi connectivity index (χ3n) is 6.67. The summed E-state index contributed by atoms with van der Waals surface area (Å²) in [5, 5.41) is 5.39. The van der Waals surface area contributed by atoms with Crippen LogP contribution in [0.2, 0.25) is 0 Å². The number of hydrogen-bond donors (Lipinski definition) is 0. The minimum Gasteiger partial charge on any atom is -0.338 e. The molecule has 2 aromatic carbocycles. The Labute approximate surface area is 201 Å². The first kappa shape index (κ1) is 23.1. The zero-order chi connectivity index (χ0) is 24.7. The van der Waals surface area contributed by atoms with Crippen LogP contribution in [0, 0.1) is 6.92 Å². The first-order chi connectivity index (χ1) is 16.7. The molecule has 1 aliphatic heterocycles. The van der Waals surface area contributed by atoms with Crippen LogP contribution in [0.1, 0.15) is 46.1 Å². The molecule has 35 heavy (non-hydrogen) atoms. The zero-order valence-electron chi connectivity index (χ0n) is 19.5. The maximum absolute atomic E-state index is 13.3. The fourth-order valence-corrected chi connectivity index (χ4v) is 4.85. The summed E-state index contributed by atoms with van der Waals surface area (Å²) in [5.74, 6) is -0.0174. The average molecular weight is 479 g/mol. The number of alkyl halides is 3. The molecule has 1 atom stereocenters.